The Bertz CT molecular complexity index is 1080. The number of aromatic nitrogens is 1. The number of hydrogen-bond donors (Lipinski definition) is 1. The quantitative estimate of drug-likeness (QED) is 0.497. The Morgan fingerprint density at radius 2 is 1.70 bits per heavy atom. The van der Waals surface area contributed by atoms with E-state index in [0.29, 0.717) is 17.4 Å². The van der Waals surface area contributed by atoms with Crippen molar-refractivity contribution >= 4 is 22.7 Å². The molecule has 0 aliphatic carbocycles. The minimum atomic E-state index is -0.133. The number of fused-ring (bicyclic) bond motifs is 1. The molecule has 1 N–H and O–H groups in total. The number of oxazole rings is 1. The Morgan fingerprint density at radius 1 is 0.963 bits per heavy atom. The van der Waals surface area contributed by atoms with E-state index >= 15 is 0 Å². The van der Waals surface area contributed by atoms with Gasteiger partial charge in [0.25, 0.3) is 5.91 Å². The maximum absolute atomic E-state index is 12.2. The number of amides is 1. The molecule has 3 aromatic carbocycles. The fourth-order valence-corrected chi connectivity index (χ4v) is 2.92. The number of rotatable bonds is 4. The first-order chi connectivity index (χ1) is 13.1. The van der Waals surface area contributed by atoms with E-state index < -0.39 is 0 Å². The minimum Gasteiger partial charge on any atom is -0.436 e. The van der Waals surface area contributed by atoms with Crippen LogP contribution in [0.3, 0.4) is 0 Å². The molecule has 0 aliphatic rings. The van der Waals surface area contributed by atoms with E-state index in [1.165, 1.54) is 5.56 Å². The number of nitrogens with zero attached hydrogens (tertiary/aromatic N) is 1. The standard InChI is InChI=1S/C23H20N2O2/c1-15(2)18-10-13-21-20(14-18)25-23(27-21)17-8-11-19(12-9-17)24-22(26)16-6-4-3-5-7-16/h3-15H,1-2H3,(H,24,26). The van der Waals surface area contributed by atoms with Gasteiger partial charge >= 0.3 is 0 Å². The molecule has 4 aromatic rings. The van der Waals surface area contributed by atoms with Crippen molar-refractivity contribution in [3.05, 3.63) is 83.9 Å². The lowest BCUT2D eigenvalue weighted by molar-refractivity contribution is 0.102. The van der Waals surface area contributed by atoms with Gasteiger partial charge in [-0.25, -0.2) is 4.98 Å². The van der Waals surface area contributed by atoms with Crippen LogP contribution in [0.15, 0.2) is 77.2 Å². The number of carbonyl (C=O) groups is 1. The van der Waals surface area contributed by atoms with Gasteiger partial charge in [-0.3, -0.25) is 4.79 Å². The minimum absolute atomic E-state index is 0.133. The second-order valence-corrected chi connectivity index (χ2v) is 6.80. The highest BCUT2D eigenvalue weighted by Gasteiger charge is 2.11. The largest absolute Gasteiger partial charge is 0.436 e. The molecule has 1 amide bonds. The second kappa shape index (κ2) is 7.08. The van der Waals surface area contributed by atoms with Crippen molar-refractivity contribution in [1.82, 2.24) is 4.98 Å². The molecule has 4 rings (SSSR count). The molecular weight excluding hydrogens is 336 g/mol. The predicted molar refractivity (Wildman–Crippen MR) is 108 cm³/mol. The van der Waals surface area contributed by atoms with E-state index in [2.05, 4.69) is 36.3 Å². The SMILES string of the molecule is CC(C)c1ccc2oc(-c3ccc(NC(=O)c4ccccc4)cc3)nc2c1. The highest BCUT2D eigenvalue weighted by Crippen LogP contribution is 2.27. The maximum Gasteiger partial charge on any atom is 0.255 e. The summed E-state index contributed by atoms with van der Waals surface area (Å²) in [5.41, 5.74) is 5.09. The fraction of sp³-hybridized carbons (Fsp3) is 0.130. The molecule has 0 unspecified atom stereocenters. The molecule has 0 spiro atoms. The summed E-state index contributed by atoms with van der Waals surface area (Å²) in [7, 11) is 0. The topological polar surface area (TPSA) is 55.1 Å². The van der Waals surface area contributed by atoms with Gasteiger partial charge in [0.1, 0.15) is 5.52 Å². The molecule has 0 saturated heterocycles. The van der Waals surface area contributed by atoms with Gasteiger partial charge in [0.15, 0.2) is 5.58 Å². The molecule has 0 radical (unpaired) electrons. The maximum atomic E-state index is 12.2. The predicted octanol–water partition coefficient (Wildman–Crippen LogP) is 5.87. The summed E-state index contributed by atoms with van der Waals surface area (Å²) in [6, 6.07) is 22.8. The van der Waals surface area contributed by atoms with Gasteiger partial charge in [0, 0.05) is 16.8 Å². The van der Waals surface area contributed by atoms with Crippen LogP contribution in [0.4, 0.5) is 5.69 Å². The zero-order valence-electron chi connectivity index (χ0n) is 15.3. The average Bonchev–Trinajstić information content (AvgIpc) is 3.12. The number of benzene rings is 3. The highest BCUT2D eigenvalue weighted by atomic mass is 16.3. The Balaban J connectivity index is 1.55. The second-order valence-electron chi connectivity index (χ2n) is 6.80. The Labute approximate surface area is 157 Å². The van der Waals surface area contributed by atoms with Gasteiger partial charge in [-0.1, -0.05) is 38.1 Å². The molecule has 4 nitrogen and oxygen atoms in total. The fourth-order valence-electron chi connectivity index (χ4n) is 2.92. The monoisotopic (exact) mass is 356 g/mol. The van der Waals surface area contributed by atoms with Crippen molar-refractivity contribution in [3.8, 4) is 11.5 Å². The van der Waals surface area contributed by atoms with Crippen molar-refractivity contribution in [1.29, 1.82) is 0 Å². The third kappa shape index (κ3) is 3.60. The number of carbonyl (C=O) groups excluding carboxylic acids is 1. The van der Waals surface area contributed by atoms with Gasteiger partial charge in [-0.15, -0.1) is 0 Å². The molecule has 0 bridgehead atoms. The summed E-state index contributed by atoms with van der Waals surface area (Å²) in [6.45, 7) is 4.31. The molecule has 4 heteroatoms. The number of anilines is 1. The smallest absolute Gasteiger partial charge is 0.255 e. The van der Waals surface area contributed by atoms with Crippen LogP contribution in [0, 0.1) is 0 Å². The number of hydrogen-bond acceptors (Lipinski definition) is 3. The molecule has 27 heavy (non-hydrogen) atoms. The van der Waals surface area contributed by atoms with Crippen molar-refractivity contribution in [2.75, 3.05) is 5.32 Å². The molecule has 0 aliphatic heterocycles. The van der Waals surface area contributed by atoms with Crippen LogP contribution in [0.2, 0.25) is 0 Å². The molecule has 0 saturated carbocycles. The van der Waals surface area contributed by atoms with E-state index in [-0.39, 0.29) is 5.91 Å². The van der Waals surface area contributed by atoms with Crippen molar-refractivity contribution < 1.29 is 9.21 Å². The van der Waals surface area contributed by atoms with Crippen LogP contribution in [0.25, 0.3) is 22.6 Å². The summed E-state index contributed by atoms with van der Waals surface area (Å²) in [5.74, 6) is 0.889. The van der Waals surface area contributed by atoms with Crippen LogP contribution in [0.1, 0.15) is 35.7 Å². The van der Waals surface area contributed by atoms with Crippen LogP contribution in [0.5, 0.6) is 0 Å². The van der Waals surface area contributed by atoms with Gasteiger partial charge in [-0.05, 0) is 60.0 Å². The molecule has 1 heterocycles. The lowest BCUT2D eigenvalue weighted by Crippen LogP contribution is -2.11. The van der Waals surface area contributed by atoms with Crippen LogP contribution in [-0.2, 0) is 0 Å². The van der Waals surface area contributed by atoms with Crippen LogP contribution >= 0.6 is 0 Å². The van der Waals surface area contributed by atoms with Crippen LogP contribution < -0.4 is 5.32 Å². The molecule has 0 atom stereocenters. The third-order valence-corrected chi connectivity index (χ3v) is 4.50. The zero-order chi connectivity index (χ0) is 18.8. The summed E-state index contributed by atoms with van der Waals surface area (Å²) >= 11 is 0. The normalized spacial score (nSPS) is 11.1. The van der Waals surface area contributed by atoms with Gasteiger partial charge in [-0.2, -0.15) is 0 Å². The van der Waals surface area contributed by atoms with Crippen LogP contribution in [-0.4, -0.2) is 10.9 Å². The van der Waals surface area contributed by atoms with Gasteiger partial charge in [0.05, 0.1) is 0 Å². The lowest BCUT2D eigenvalue weighted by Gasteiger charge is -2.05. The molecule has 1 aromatic heterocycles. The van der Waals surface area contributed by atoms with Crippen molar-refractivity contribution in [2.24, 2.45) is 0 Å². The van der Waals surface area contributed by atoms with E-state index in [4.69, 9.17) is 4.42 Å². The number of nitrogens with one attached hydrogen (secondary N) is 1. The van der Waals surface area contributed by atoms with E-state index in [1.54, 1.807) is 12.1 Å². The highest BCUT2D eigenvalue weighted by molar-refractivity contribution is 6.04. The Kier molecular flexibility index (Phi) is 4.47. The first-order valence-electron chi connectivity index (χ1n) is 8.97. The van der Waals surface area contributed by atoms with Crippen molar-refractivity contribution in [2.45, 2.75) is 19.8 Å². The Hall–Kier alpha value is -3.40. The van der Waals surface area contributed by atoms with E-state index in [0.717, 1.165) is 22.4 Å². The van der Waals surface area contributed by atoms with E-state index in [9.17, 15) is 4.79 Å². The average molecular weight is 356 g/mol. The summed E-state index contributed by atoms with van der Waals surface area (Å²) in [4.78, 5) is 16.8. The molecular formula is C23H20N2O2. The molecule has 0 fully saturated rings. The summed E-state index contributed by atoms with van der Waals surface area (Å²) in [6.07, 6.45) is 0. The van der Waals surface area contributed by atoms with Gasteiger partial charge in [0.2, 0.25) is 5.89 Å². The Morgan fingerprint density at radius 3 is 2.41 bits per heavy atom. The third-order valence-electron chi connectivity index (χ3n) is 4.50. The van der Waals surface area contributed by atoms with Gasteiger partial charge < -0.3 is 9.73 Å². The lowest BCUT2D eigenvalue weighted by atomic mass is 10.0. The van der Waals surface area contributed by atoms with E-state index in [1.807, 2.05) is 48.5 Å². The molecule has 134 valence electrons. The summed E-state index contributed by atoms with van der Waals surface area (Å²) in [5, 5.41) is 2.89. The zero-order valence-corrected chi connectivity index (χ0v) is 15.3. The van der Waals surface area contributed by atoms with Crippen molar-refractivity contribution in [3.63, 3.8) is 0 Å². The first-order valence-corrected chi connectivity index (χ1v) is 8.97. The summed E-state index contributed by atoms with van der Waals surface area (Å²) < 4.78 is 5.88. The first kappa shape index (κ1) is 17.0.